The van der Waals surface area contributed by atoms with Gasteiger partial charge in [0, 0.05) is 6.42 Å². The summed E-state index contributed by atoms with van der Waals surface area (Å²) in [5.41, 5.74) is -0.0757. The summed E-state index contributed by atoms with van der Waals surface area (Å²) in [6.45, 7) is 5.43. The zero-order valence-corrected chi connectivity index (χ0v) is 24.3. The predicted molar refractivity (Wildman–Crippen MR) is 150 cm³/mol. The molecule has 1 aliphatic carbocycles. The van der Waals surface area contributed by atoms with Crippen molar-refractivity contribution in [2.75, 3.05) is 13.7 Å². The fraction of sp³-hybridized carbons (Fsp3) is 0.552. The average Bonchev–Trinajstić information content (AvgIpc) is 3.28. The van der Waals surface area contributed by atoms with Gasteiger partial charge in [0.2, 0.25) is 11.8 Å². The predicted octanol–water partition coefficient (Wildman–Crippen LogP) is 2.73. The smallest absolute Gasteiger partial charge is 0.263 e. The maximum Gasteiger partial charge on any atom is 0.263 e. The van der Waals surface area contributed by atoms with Crippen LogP contribution in [-0.2, 0) is 25.5 Å². The lowest BCUT2D eigenvalue weighted by atomic mass is 9.90. The van der Waals surface area contributed by atoms with E-state index in [2.05, 4.69) is 20.9 Å². The monoisotopic (exact) mass is 570 g/mol. The van der Waals surface area contributed by atoms with Gasteiger partial charge < -0.3 is 25.4 Å². The highest BCUT2D eigenvalue weighted by Crippen LogP contribution is 2.33. The Morgan fingerprint density at radius 1 is 1.07 bits per heavy atom. The first-order chi connectivity index (χ1) is 19.1. The van der Waals surface area contributed by atoms with Crippen molar-refractivity contribution in [1.82, 2.24) is 20.9 Å². The number of ether oxygens (including phenoxy) is 2. The number of thiazole rings is 1. The summed E-state index contributed by atoms with van der Waals surface area (Å²) >= 11 is 1.23. The number of nitrogens with zero attached hydrogens (tertiary/aromatic N) is 1. The first-order valence-corrected chi connectivity index (χ1v) is 14.5. The number of nitrogens with one attached hydrogen (secondary N) is 3. The average molecular weight is 571 g/mol. The topological polar surface area (TPSA) is 139 Å². The summed E-state index contributed by atoms with van der Waals surface area (Å²) in [7, 11) is 1.57. The molecule has 1 saturated heterocycles. The molecule has 4 atom stereocenters. The van der Waals surface area contributed by atoms with Gasteiger partial charge in [-0.15, -0.1) is 11.3 Å². The molecule has 3 N–H and O–H groups in total. The van der Waals surface area contributed by atoms with E-state index in [1.807, 2.05) is 12.1 Å². The van der Waals surface area contributed by atoms with Crippen molar-refractivity contribution in [2.45, 2.75) is 83.0 Å². The maximum atomic E-state index is 13.7. The molecule has 2 heterocycles. The quantitative estimate of drug-likeness (QED) is 0.315. The molecular formula is C29H38N4O6S. The van der Waals surface area contributed by atoms with Gasteiger partial charge in [-0.2, -0.15) is 0 Å². The van der Waals surface area contributed by atoms with Crippen LogP contribution in [0.3, 0.4) is 0 Å². The number of carbonyl (C=O) groups excluding carboxylic acids is 4. The van der Waals surface area contributed by atoms with E-state index >= 15 is 0 Å². The van der Waals surface area contributed by atoms with Crippen LogP contribution in [0.15, 0.2) is 30.5 Å². The van der Waals surface area contributed by atoms with Gasteiger partial charge >= 0.3 is 0 Å². The highest BCUT2D eigenvalue weighted by molar-refractivity contribution is 7.13. The van der Waals surface area contributed by atoms with E-state index in [-0.39, 0.29) is 12.2 Å². The van der Waals surface area contributed by atoms with Crippen molar-refractivity contribution in [2.24, 2.45) is 5.92 Å². The molecule has 40 heavy (non-hydrogen) atoms. The van der Waals surface area contributed by atoms with Gasteiger partial charge in [0.05, 0.1) is 31.0 Å². The number of carbonyl (C=O) groups is 4. The minimum absolute atomic E-state index is 0.136. The lowest BCUT2D eigenvalue weighted by molar-refractivity contribution is -0.133. The van der Waals surface area contributed by atoms with Gasteiger partial charge in [-0.25, -0.2) is 4.98 Å². The number of methoxy groups -OCH3 is 1. The van der Waals surface area contributed by atoms with E-state index < -0.39 is 41.4 Å². The fourth-order valence-corrected chi connectivity index (χ4v) is 5.69. The molecule has 1 aromatic carbocycles. The summed E-state index contributed by atoms with van der Waals surface area (Å²) in [6.07, 6.45) is 6.50. The molecule has 0 unspecified atom stereocenters. The number of aryl methyl sites for hydroxylation is 1. The maximum absolute atomic E-state index is 13.7. The highest BCUT2D eigenvalue weighted by Gasteiger charge is 2.50. The highest BCUT2D eigenvalue weighted by atomic mass is 32.1. The third kappa shape index (κ3) is 7.66. The lowest BCUT2D eigenvalue weighted by Crippen LogP contribution is -2.57. The van der Waals surface area contributed by atoms with E-state index in [4.69, 9.17) is 9.47 Å². The van der Waals surface area contributed by atoms with Gasteiger partial charge in [0.15, 0.2) is 5.78 Å². The zero-order chi connectivity index (χ0) is 28.9. The number of epoxide rings is 1. The molecule has 11 heteroatoms. The third-order valence-corrected chi connectivity index (χ3v) is 8.50. The summed E-state index contributed by atoms with van der Waals surface area (Å²) in [5.74, 6) is -0.493. The van der Waals surface area contributed by atoms with Crippen LogP contribution in [0.25, 0.3) is 0 Å². The van der Waals surface area contributed by atoms with Gasteiger partial charge in [0.1, 0.15) is 28.3 Å². The Balaban J connectivity index is 1.48. The minimum atomic E-state index is -0.974. The van der Waals surface area contributed by atoms with Gasteiger partial charge in [-0.05, 0) is 50.8 Å². The van der Waals surface area contributed by atoms with E-state index in [1.165, 1.54) is 17.5 Å². The van der Waals surface area contributed by atoms with Crippen LogP contribution in [0.4, 0.5) is 0 Å². The largest absolute Gasteiger partial charge is 0.497 e. The number of Topliss-reactive ketones (excluding diaryl/α,β-unsaturated/α-hetero) is 1. The number of hydrogen-bond donors (Lipinski definition) is 3. The summed E-state index contributed by atoms with van der Waals surface area (Å²) in [5, 5.41) is 9.15. The van der Waals surface area contributed by atoms with Crippen molar-refractivity contribution < 1.29 is 28.7 Å². The molecule has 0 spiro atoms. The Bertz CT molecular complexity index is 1220. The first kappa shape index (κ1) is 29.7. The second kappa shape index (κ2) is 12.9. The van der Waals surface area contributed by atoms with Gasteiger partial charge in [0.25, 0.3) is 5.91 Å². The van der Waals surface area contributed by atoms with Crippen molar-refractivity contribution in [3.63, 3.8) is 0 Å². The van der Waals surface area contributed by atoms with Crippen LogP contribution in [0, 0.1) is 12.8 Å². The van der Waals surface area contributed by atoms with E-state index in [1.54, 1.807) is 40.0 Å². The molecule has 1 aliphatic heterocycles. The third-order valence-electron chi connectivity index (χ3n) is 7.59. The molecule has 216 valence electrons. The molecule has 2 aromatic rings. The number of ketones is 1. The molecule has 2 aliphatic rings. The second-order valence-corrected chi connectivity index (χ2v) is 12.1. The van der Waals surface area contributed by atoms with Crippen molar-refractivity contribution in [3.8, 4) is 5.75 Å². The number of benzene rings is 1. The summed E-state index contributed by atoms with van der Waals surface area (Å²) in [6, 6.07) is 4.62. The van der Waals surface area contributed by atoms with Crippen molar-refractivity contribution in [3.05, 3.63) is 45.9 Å². The van der Waals surface area contributed by atoms with Crippen LogP contribution in [0.2, 0.25) is 0 Å². The Kier molecular flexibility index (Phi) is 9.57. The molecule has 1 aromatic heterocycles. The van der Waals surface area contributed by atoms with Crippen LogP contribution in [0.5, 0.6) is 5.75 Å². The van der Waals surface area contributed by atoms with Crippen LogP contribution in [0.1, 0.15) is 66.2 Å². The van der Waals surface area contributed by atoms with E-state index in [9.17, 15) is 19.2 Å². The van der Waals surface area contributed by atoms with Crippen LogP contribution < -0.4 is 20.7 Å². The van der Waals surface area contributed by atoms with Crippen LogP contribution in [-0.4, -0.2) is 65.9 Å². The molecule has 2 fully saturated rings. The van der Waals surface area contributed by atoms with Crippen molar-refractivity contribution >= 4 is 34.8 Å². The first-order valence-electron chi connectivity index (χ1n) is 13.7. The number of rotatable bonds is 13. The Morgan fingerprint density at radius 2 is 1.73 bits per heavy atom. The Hall–Kier alpha value is -3.31. The summed E-state index contributed by atoms with van der Waals surface area (Å²) < 4.78 is 10.6. The second-order valence-electron chi connectivity index (χ2n) is 10.9. The Morgan fingerprint density at radius 3 is 2.30 bits per heavy atom. The van der Waals surface area contributed by atoms with Crippen LogP contribution >= 0.6 is 11.3 Å². The molecular weight excluding hydrogens is 532 g/mol. The molecule has 3 amide bonds. The normalized spacial score (nSPS) is 20.7. The standard InChI is InChI=1S/C29H38N4O6S/c1-17(31-28(37)24-15-30-18(2)40-24)26(35)33-23(14-20-9-11-21(38-4)12-10-20)27(36)32-22(13-19-7-5-6-8-19)25(34)29(3)16-39-29/h9-12,15,17,19,22-23H,5-8,13-14,16H2,1-4H3,(H,31,37)(H,32,36)(H,33,35)/t17-,22-,23-,29-/m0/s1. The molecule has 4 rings (SSSR count). The summed E-state index contributed by atoms with van der Waals surface area (Å²) in [4.78, 5) is 57.2. The van der Waals surface area contributed by atoms with E-state index in [0.717, 1.165) is 36.3 Å². The van der Waals surface area contributed by atoms with Crippen molar-refractivity contribution in [1.29, 1.82) is 0 Å². The Labute approximate surface area is 238 Å². The van der Waals surface area contributed by atoms with E-state index in [0.29, 0.717) is 29.6 Å². The lowest BCUT2D eigenvalue weighted by Gasteiger charge is -2.26. The number of aromatic nitrogens is 1. The molecule has 10 nitrogen and oxygen atoms in total. The molecule has 1 saturated carbocycles. The number of amides is 3. The minimum Gasteiger partial charge on any atom is -0.497 e. The number of hydrogen-bond acceptors (Lipinski definition) is 8. The fourth-order valence-electron chi connectivity index (χ4n) is 5.01. The zero-order valence-electron chi connectivity index (χ0n) is 23.5. The van der Waals surface area contributed by atoms with Gasteiger partial charge in [-0.1, -0.05) is 37.8 Å². The molecule has 0 bridgehead atoms. The molecule has 0 radical (unpaired) electrons. The van der Waals surface area contributed by atoms with Gasteiger partial charge in [-0.3, -0.25) is 19.2 Å². The SMILES string of the molecule is COc1ccc(C[C@H](NC(=O)[C@H](C)NC(=O)c2cnc(C)s2)C(=O)N[C@@H](CC2CCCC2)C(=O)[C@]2(C)CO2)cc1.